The van der Waals surface area contributed by atoms with Crippen molar-refractivity contribution in [1.29, 1.82) is 0 Å². The molecule has 4 aliphatic heterocycles. The summed E-state index contributed by atoms with van der Waals surface area (Å²) in [6, 6.07) is 0. The predicted octanol–water partition coefficient (Wildman–Crippen LogP) is -2.17. The summed E-state index contributed by atoms with van der Waals surface area (Å²) >= 11 is 0. The highest BCUT2D eigenvalue weighted by molar-refractivity contribution is 5.82. The fraction of sp³-hybridized carbons (Fsp3) is 0.846. The summed E-state index contributed by atoms with van der Waals surface area (Å²) in [7, 11) is 1.30. The molecule has 122 valence electrons. The van der Waals surface area contributed by atoms with Crippen molar-refractivity contribution in [3.05, 3.63) is 0 Å². The Bertz CT molecular complexity index is 487. The van der Waals surface area contributed by atoms with Crippen LogP contribution in [0.1, 0.15) is 0 Å². The third kappa shape index (κ3) is 2.29. The normalized spacial score (nSPS) is 43.2. The van der Waals surface area contributed by atoms with E-state index in [0.29, 0.717) is 13.1 Å². The number of amides is 1. The van der Waals surface area contributed by atoms with Gasteiger partial charge in [-0.3, -0.25) is 4.79 Å². The SMILES string of the molecule is COC(=O)[C@@H]1O[C@@H]2CN(C(=O)[C@@H]3O[C@@H]4CNC[C@H]3O4)C[C@H]1O2. The van der Waals surface area contributed by atoms with Gasteiger partial charge in [-0.1, -0.05) is 0 Å². The number of ether oxygens (including phenoxy) is 5. The molecule has 1 amide bonds. The number of hydrogen-bond acceptors (Lipinski definition) is 8. The minimum absolute atomic E-state index is 0.149. The van der Waals surface area contributed by atoms with E-state index in [1.165, 1.54) is 7.11 Å². The number of nitrogens with one attached hydrogen (secondary N) is 1. The van der Waals surface area contributed by atoms with Gasteiger partial charge < -0.3 is 33.9 Å². The van der Waals surface area contributed by atoms with Crippen LogP contribution >= 0.6 is 0 Å². The van der Waals surface area contributed by atoms with Crippen LogP contribution in [0.5, 0.6) is 0 Å². The van der Waals surface area contributed by atoms with Gasteiger partial charge in [-0.2, -0.15) is 0 Å². The molecule has 1 N–H and O–H groups in total. The number of rotatable bonds is 2. The molecule has 0 aromatic rings. The van der Waals surface area contributed by atoms with Gasteiger partial charge in [0.15, 0.2) is 24.8 Å². The van der Waals surface area contributed by atoms with Crippen LogP contribution < -0.4 is 5.32 Å². The largest absolute Gasteiger partial charge is 0.467 e. The van der Waals surface area contributed by atoms with Gasteiger partial charge in [0.1, 0.15) is 12.2 Å². The molecule has 0 aromatic carbocycles. The number of hydrogen-bond donors (Lipinski definition) is 1. The fourth-order valence-corrected chi connectivity index (χ4v) is 3.29. The first-order valence-corrected chi connectivity index (χ1v) is 7.35. The van der Waals surface area contributed by atoms with Gasteiger partial charge in [0, 0.05) is 13.1 Å². The van der Waals surface area contributed by atoms with Crippen molar-refractivity contribution in [3.8, 4) is 0 Å². The number of nitrogens with zero attached hydrogens (tertiary/aromatic N) is 1. The van der Waals surface area contributed by atoms with Crippen molar-refractivity contribution in [2.45, 2.75) is 37.0 Å². The standard InChI is InChI=1S/C13H18N2O7/c1-18-13(17)11-7-4-15(5-9(20-7)22-11)12(16)10-6-2-14-3-8(19-6)21-10/h6-11,14H,2-5H2,1H3/t6-,7-,8-,9-,10-,11-/m1/s1. The Morgan fingerprint density at radius 2 is 1.77 bits per heavy atom. The van der Waals surface area contributed by atoms with Crippen molar-refractivity contribution in [2.24, 2.45) is 0 Å². The van der Waals surface area contributed by atoms with Crippen LogP contribution in [0.4, 0.5) is 0 Å². The van der Waals surface area contributed by atoms with E-state index in [0.717, 1.165) is 0 Å². The molecule has 0 spiro atoms. The van der Waals surface area contributed by atoms with Gasteiger partial charge >= 0.3 is 5.97 Å². The number of esters is 1. The van der Waals surface area contributed by atoms with Crippen LogP contribution in [0.3, 0.4) is 0 Å². The van der Waals surface area contributed by atoms with Crippen LogP contribution in [-0.2, 0) is 33.3 Å². The molecule has 4 heterocycles. The topological polar surface area (TPSA) is 95.6 Å². The molecule has 0 aliphatic carbocycles. The molecule has 0 radical (unpaired) electrons. The van der Waals surface area contributed by atoms with Crippen LogP contribution in [0.15, 0.2) is 0 Å². The Kier molecular flexibility index (Phi) is 3.54. The van der Waals surface area contributed by atoms with E-state index in [1.807, 2.05) is 0 Å². The highest BCUT2D eigenvalue weighted by Crippen LogP contribution is 2.29. The highest BCUT2D eigenvalue weighted by Gasteiger charge is 2.51. The first-order valence-electron chi connectivity index (χ1n) is 7.35. The average molecular weight is 314 g/mol. The summed E-state index contributed by atoms with van der Waals surface area (Å²) in [5, 5.41) is 3.16. The smallest absolute Gasteiger partial charge is 0.337 e. The fourth-order valence-electron chi connectivity index (χ4n) is 3.29. The third-order valence-corrected chi connectivity index (χ3v) is 4.34. The Balaban J connectivity index is 1.44. The number of carbonyl (C=O) groups is 2. The lowest BCUT2D eigenvalue weighted by molar-refractivity contribution is -0.161. The van der Waals surface area contributed by atoms with Gasteiger partial charge in [-0.15, -0.1) is 0 Å². The van der Waals surface area contributed by atoms with Crippen LogP contribution in [0.2, 0.25) is 0 Å². The van der Waals surface area contributed by atoms with E-state index >= 15 is 0 Å². The number of fused-ring (bicyclic) bond motifs is 4. The maximum absolute atomic E-state index is 12.7. The minimum Gasteiger partial charge on any atom is -0.467 e. The van der Waals surface area contributed by atoms with Crippen molar-refractivity contribution >= 4 is 11.9 Å². The molecule has 9 nitrogen and oxygen atoms in total. The first kappa shape index (κ1) is 14.3. The van der Waals surface area contributed by atoms with Crippen LogP contribution in [-0.4, -0.2) is 87.1 Å². The van der Waals surface area contributed by atoms with Crippen LogP contribution in [0.25, 0.3) is 0 Å². The molecule has 0 aromatic heterocycles. The van der Waals surface area contributed by atoms with E-state index < -0.39 is 30.6 Å². The van der Waals surface area contributed by atoms with Gasteiger partial charge in [0.25, 0.3) is 5.91 Å². The van der Waals surface area contributed by atoms with Gasteiger partial charge in [0.05, 0.1) is 20.2 Å². The van der Waals surface area contributed by atoms with E-state index in [4.69, 9.17) is 23.7 Å². The van der Waals surface area contributed by atoms with Crippen molar-refractivity contribution < 1.29 is 33.3 Å². The molecule has 4 aliphatic rings. The van der Waals surface area contributed by atoms with Crippen molar-refractivity contribution in [1.82, 2.24) is 10.2 Å². The Hall–Kier alpha value is -1.26. The third-order valence-electron chi connectivity index (χ3n) is 4.34. The monoisotopic (exact) mass is 314 g/mol. The number of methoxy groups -OCH3 is 1. The maximum atomic E-state index is 12.7. The van der Waals surface area contributed by atoms with E-state index in [9.17, 15) is 9.59 Å². The second-order valence-corrected chi connectivity index (χ2v) is 5.75. The zero-order valence-electron chi connectivity index (χ0n) is 12.1. The van der Waals surface area contributed by atoms with Crippen molar-refractivity contribution in [2.75, 3.05) is 33.3 Å². The van der Waals surface area contributed by atoms with Crippen LogP contribution in [0, 0.1) is 0 Å². The predicted molar refractivity (Wildman–Crippen MR) is 68.5 cm³/mol. The molecule has 9 heteroatoms. The summed E-state index contributed by atoms with van der Waals surface area (Å²) in [4.78, 5) is 26.0. The molecule has 22 heavy (non-hydrogen) atoms. The number of carbonyl (C=O) groups excluding carboxylic acids is 2. The Morgan fingerprint density at radius 3 is 2.55 bits per heavy atom. The molecular formula is C13H18N2O7. The minimum atomic E-state index is -0.783. The second-order valence-electron chi connectivity index (χ2n) is 5.75. The molecular weight excluding hydrogens is 296 g/mol. The Morgan fingerprint density at radius 1 is 1.00 bits per heavy atom. The lowest BCUT2D eigenvalue weighted by Crippen LogP contribution is -2.53. The first-order chi connectivity index (χ1) is 10.7. The summed E-state index contributed by atoms with van der Waals surface area (Å²) in [6.07, 6.45) is -3.15. The molecule has 4 rings (SSSR count). The second kappa shape index (κ2) is 5.43. The number of morpholine rings is 2. The molecule has 4 bridgehead atoms. The quantitative estimate of drug-likeness (QED) is 0.575. The molecule has 4 saturated heterocycles. The summed E-state index contributed by atoms with van der Waals surface area (Å²) in [5.74, 6) is -0.633. The summed E-state index contributed by atoms with van der Waals surface area (Å²) < 4.78 is 27.0. The maximum Gasteiger partial charge on any atom is 0.337 e. The van der Waals surface area contributed by atoms with Gasteiger partial charge in [-0.05, 0) is 0 Å². The molecule has 0 saturated carbocycles. The van der Waals surface area contributed by atoms with Gasteiger partial charge in [-0.25, -0.2) is 4.79 Å². The Labute approximate surface area is 126 Å². The summed E-state index contributed by atoms with van der Waals surface area (Å²) in [5.41, 5.74) is 0. The molecule has 0 unspecified atom stereocenters. The van der Waals surface area contributed by atoms with E-state index in [1.54, 1.807) is 4.90 Å². The van der Waals surface area contributed by atoms with E-state index in [-0.39, 0.29) is 31.4 Å². The van der Waals surface area contributed by atoms with E-state index in [2.05, 4.69) is 5.32 Å². The lowest BCUT2D eigenvalue weighted by atomic mass is 10.1. The summed E-state index contributed by atoms with van der Waals surface area (Å²) in [6.45, 7) is 1.72. The highest BCUT2D eigenvalue weighted by atomic mass is 16.8. The lowest BCUT2D eigenvalue weighted by Gasteiger charge is -2.32. The molecule has 4 fully saturated rings. The zero-order valence-corrected chi connectivity index (χ0v) is 12.1. The molecule has 6 atom stereocenters. The van der Waals surface area contributed by atoms with Crippen molar-refractivity contribution in [3.63, 3.8) is 0 Å². The zero-order chi connectivity index (χ0) is 15.3. The van der Waals surface area contributed by atoms with Gasteiger partial charge in [0.2, 0.25) is 0 Å². The average Bonchev–Trinajstić information content (AvgIpc) is 3.01.